The predicted octanol–water partition coefficient (Wildman–Crippen LogP) is 1.07. The number of aliphatic hydroxyl groups excluding tert-OH is 1. The van der Waals surface area contributed by atoms with Crippen LogP contribution >= 0.6 is 0 Å². The highest BCUT2D eigenvalue weighted by Gasteiger charge is 2.17. The van der Waals surface area contributed by atoms with Gasteiger partial charge in [0.25, 0.3) is 0 Å². The number of aliphatic hydroxyl groups is 1. The van der Waals surface area contributed by atoms with Gasteiger partial charge in [0.1, 0.15) is 0 Å². The molecule has 3 nitrogen and oxygen atoms in total. The maximum absolute atomic E-state index is 11.5. The van der Waals surface area contributed by atoms with E-state index in [4.69, 9.17) is 10.8 Å². The van der Waals surface area contributed by atoms with E-state index in [1.807, 2.05) is 13.8 Å². The summed E-state index contributed by atoms with van der Waals surface area (Å²) in [6, 6.07) is 0. The standard InChI is InChI=1S/C10H19NO2/c1-6(2)9(11)8(5-12)10(13)7(3)4/h6-7,12H,5,11H2,1-4H3. The van der Waals surface area contributed by atoms with Crippen molar-refractivity contribution in [3.05, 3.63) is 11.3 Å². The van der Waals surface area contributed by atoms with Gasteiger partial charge in [0, 0.05) is 17.2 Å². The van der Waals surface area contributed by atoms with Gasteiger partial charge in [0.05, 0.1) is 6.61 Å². The van der Waals surface area contributed by atoms with E-state index >= 15 is 0 Å². The summed E-state index contributed by atoms with van der Waals surface area (Å²) in [5, 5.41) is 9.01. The van der Waals surface area contributed by atoms with Gasteiger partial charge in [-0.1, -0.05) is 27.7 Å². The minimum atomic E-state index is -0.263. The van der Waals surface area contributed by atoms with E-state index in [-0.39, 0.29) is 24.2 Å². The molecule has 0 rings (SSSR count). The lowest BCUT2D eigenvalue weighted by molar-refractivity contribution is -0.118. The molecule has 0 bridgehead atoms. The van der Waals surface area contributed by atoms with E-state index in [9.17, 15) is 4.79 Å². The second kappa shape index (κ2) is 5.02. The van der Waals surface area contributed by atoms with Crippen molar-refractivity contribution in [3.63, 3.8) is 0 Å². The fourth-order valence-electron chi connectivity index (χ4n) is 1.01. The maximum atomic E-state index is 11.5. The van der Waals surface area contributed by atoms with E-state index in [0.29, 0.717) is 11.3 Å². The minimum Gasteiger partial charge on any atom is -0.401 e. The number of hydrogen-bond acceptors (Lipinski definition) is 3. The van der Waals surface area contributed by atoms with Crippen molar-refractivity contribution in [2.24, 2.45) is 17.6 Å². The third kappa shape index (κ3) is 3.19. The van der Waals surface area contributed by atoms with E-state index in [1.54, 1.807) is 13.8 Å². The third-order valence-electron chi connectivity index (χ3n) is 1.95. The summed E-state index contributed by atoms with van der Waals surface area (Å²) in [6.45, 7) is 7.13. The summed E-state index contributed by atoms with van der Waals surface area (Å²) >= 11 is 0. The van der Waals surface area contributed by atoms with Crippen LogP contribution in [0.15, 0.2) is 11.3 Å². The molecule has 0 aromatic carbocycles. The van der Waals surface area contributed by atoms with Crippen LogP contribution in [0.1, 0.15) is 27.7 Å². The Balaban J connectivity index is 4.88. The first-order chi connectivity index (χ1) is 5.91. The molecule has 0 atom stereocenters. The summed E-state index contributed by atoms with van der Waals surface area (Å²) in [7, 11) is 0. The van der Waals surface area contributed by atoms with Gasteiger partial charge in [-0.15, -0.1) is 0 Å². The van der Waals surface area contributed by atoms with Crippen molar-refractivity contribution >= 4 is 5.78 Å². The molecule has 0 aliphatic carbocycles. The van der Waals surface area contributed by atoms with Crippen LogP contribution < -0.4 is 5.73 Å². The van der Waals surface area contributed by atoms with Gasteiger partial charge >= 0.3 is 0 Å². The molecule has 0 aliphatic heterocycles. The topological polar surface area (TPSA) is 63.3 Å². The van der Waals surface area contributed by atoms with Gasteiger partial charge in [-0.25, -0.2) is 0 Å². The lowest BCUT2D eigenvalue weighted by atomic mass is 9.96. The molecule has 13 heavy (non-hydrogen) atoms. The Bertz CT molecular complexity index is 217. The molecule has 0 aliphatic rings. The summed E-state index contributed by atoms with van der Waals surface area (Å²) in [6.07, 6.45) is 0. The van der Waals surface area contributed by atoms with E-state index < -0.39 is 0 Å². The fraction of sp³-hybridized carbons (Fsp3) is 0.700. The molecule has 0 fully saturated rings. The van der Waals surface area contributed by atoms with Crippen molar-refractivity contribution in [1.82, 2.24) is 0 Å². The number of carbonyl (C=O) groups excluding carboxylic acids is 1. The van der Waals surface area contributed by atoms with Gasteiger partial charge in [0.2, 0.25) is 0 Å². The molecule has 76 valence electrons. The van der Waals surface area contributed by atoms with Crippen molar-refractivity contribution in [2.45, 2.75) is 27.7 Å². The highest BCUT2D eigenvalue weighted by Crippen LogP contribution is 2.13. The van der Waals surface area contributed by atoms with Crippen LogP contribution in [0.5, 0.6) is 0 Å². The number of carbonyl (C=O) groups is 1. The monoisotopic (exact) mass is 185 g/mol. The lowest BCUT2D eigenvalue weighted by Crippen LogP contribution is -2.21. The van der Waals surface area contributed by atoms with Gasteiger partial charge in [-0.2, -0.15) is 0 Å². The molecule has 0 amide bonds. The molecule has 0 spiro atoms. The van der Waals surface area contributed by atoms with Crippen LogP contribution in [0.25, 0.3) is 0 Å². The first-order valence-electron chi connectivity index (χ1n) is 4.55. The van der Waals surface area contributed by atoms with Crippen molar-refractivity contribution in [2.75, 3.05) is 6.61 Å². The Morgan fingerprint density at radius 2 is 1.69 bits per heavy atom. The predicted molar refractivity (Wildman–Crippen MR) is 53.0 cm³/mol. The molecule has 3 N–H and O–H groups in total. The highest BCUT2D eigenvalue weighted by atomic mass is 16.3. The van der Waals surface area contributed by atoms with Crippen LogP contribution in [0.3, 0.4) is 0 Å². The quantitative estimate of drug-likeness (QED) is 0.644. The van der Waals surface area contributed by atoms with Crippen LogP contribution in [-0.2, 0) is 4.79 Å². The van der Waals surface area contributed by atoms with Crippen LogP contribution in [0.2, 0.25) is 0 Å². The van der Waals surface area contributed by atoms with Crippen molar-refractivity contribution < 1.29 is 9.90 Å². The minimum absolute atomic E-state index is 0.0614. The molecule has 3 heteroatoms. The SMILES string of the molecule is CC(C)C(=O)C(CO)=C(N)C(C)C. The maximum Gasteiger partial charge on any atom is 0.165 e. The van der Waals surface area contributed by atoms with Crippen molar-refractivity contribution in [1.29, 1.82) is 0 Å². The van der Waals surface area contributed by atoms with E-state index in [0.717, 1.165) is 0 Å². The number of hydrogen-bond donors (Lipinski definition) is 2. The average Bonchev–Trinajstić information content (AvgIpc) is 2.04. The highest BCUT2D eigenvalue weighted by molar-refractivity contribution is 5.97. The summed E-state index contributed by atoms with van der Waals surface area (Å²) in [5.41, 5.74) is 6.58. The first kappa shape index (κ1) is 12.2. The van der Waals surface area contributed by atoms with Crippen molar-refractivity contribution in [3.8, 4) is 0 Å². The molecule has 0 saturated carbocycles. The van der Waals surface area contributed by atoms with Gasteiger partial charge in [-0.05, 0) is 5.92 Å². The molecular weight excluding hydrogens is 166 g/mol. The van der Waals surface area contributed by atoms with E-state index in [1.165, 1.54) is 0 Å². The number of nitrogens with two attached hydrogens (primary N) is 1. The van der Waals surface area contributed by atoms with Gasteiger partial charge < -0.3 is 10.8 Å². The Morgan fingerprint density at radius 3 is 1.92 bits per heavy atom. The second-order valence-corrected chi connectivity index (χ2v) is 3.77. The van der Waals surface area contributed by atoms with E-state index in [2.05, 4.69) is 0 Å². The second-order valence-electron chi connectivity index (χ2n) is 3.77. The number of Topliss-reactive ketones (excluding diaryl/α,β-unsaturated/α-hetero) is 1. The largest absolute Gasteiger partial charge is 0.401 e. The normalized spacial score (nSPS) is 13.5. The number of rotatable bonds is 4. The van der Waals surface area contributed by atoms with Gasteiger partial charge in [0.15, 0.2) is 5.78 Å². The molecule has 0 saturated heterocycles. The molecule has 0 aromatic heterocycles. The lowest BCUT2D eigenvalue weighted by Gasteiger charge is -2.13. The van der Waals surface area contributed by atoms with Crippen LogP contribution in [0.4, 0.5) is 0 Å². The number of allylic oxidation sites excluding steroid dienone is 1. The third-order valence-corrected chi connectivity index (χ3v) is 1.95. The molecule has 0 unspecified atom stereocenters. The summed E-state index contributed by atoms with van der Waals surface area (Å²) in [4.78, 5) is 11.5. The van der Waals surface area contributed by atoms with Gasteiger partial charge in [-0.3, -0.25) is 4.79 Å². The smallest absolute Gasteiger partial charge is 0.165 e. The zero-order valence-corrected chi connectivity index (χ0v) is 8.79. The first-order valence-corrected chi connectivity index (χ1v) is 4.55. The Hall–Kier alpha value is -0.830. The van der Waals surface area contributed by atoms with Crippen LogP contribution in [0, 0.1) is 11.8 Å². The number of ketones is 1. The Labute approximate surface area is 79.6 Å². The zero-order chi connectivity index (χ0) is 10.6. The summed E-state index contributed by atoms with van der Waals surface area (Å²) < 4.78 is 0. The Kier molecular flexibility index (Phi) is 4.70. The molecule has 0 radical (unpaired) electrons. The molecular formula is C10H19NO2. The average molecular weight is 185 g/mol. The molecule has 0 heterocycles. The summed E-state index contributed by atoms with van der Waals surface area (Å²) in [5.74, 6) is -0.0713. The molecule has 0 aromatic rings. The van der Waals surface area contributed by atoms with Crippen LogP contribution in [-0.4, -0.2) is 17.5 Å². The fourth-order valence-corrected chi connectivity index (χ4v) is 1.01. The Morgan fingerprint density at radius 1 is 1.23 bits per heavy atom. The zero-order valence-electron chi connectivity index (χ0n) is 8.79.